The number of ketones is 1. The number of carbonyl (C=O) groups excluding carboxylic acids is 3. The summed E-state index contributed by atoms with van der Waals surface area (Å²) in [4.78, 5) is 34.9. The first-order valence-corrected chi connectivity index (χ1v) is 8.44. The number of nitrogens with one attached hydrogen (secondary N) is 2. The topological polar surface area (TPSA) is 75.3 Å². The highest BCUT2D eigenvalue weighted by atomic mass is 32.2. The van der Waals surface area contributed by atoms with Crippen LogP contribution in [0.15, 0.2) is 47.4 Å². The van der Waals surface area contributed by atoms with Crippen LogP contribution in [0.2, 0.25) is 0 Å². The zero-order valence-electron chi connectivity index (χ0n) is 13.8. The number of amides is 2. The Balaban J connectivity index is 1.92. The molecular formula is C18H17FN2O3S. The summed E-state index contributed by atoms with van der Waals surface area (Å²) in [5, 5.41) is 5.19. The summed E-state index contributed by atoms with van der Waals surface area (Å²) < 4.78 is 13.9. The molecule has 0 aliphatic rings. The smallest absolute Gasteiger partial charge is 0.251 e. The molecule has 130 valence electrons. The minimum absolute atomic E-state index is 0.0214. The van der Waals surface area contributed by atoms with Crippen LogP contribution in [0.25, 0.3) is 0 Å². The third-order valence-electron chi connectivity index (χ3n) is 3.36. The molecule has 0 fully saturated rings. The molecular weight excluding hydrogens is 343 g/mol. The number of Topliss-reactive ketones (excluding diaryl/α,β-unsaturated/α-hetero) is 1. The number of hydrogen-bond acceptors (Lipinski definition) is 4. The second-order valence-corrected chi connectivity index (χ2v) is 6.21. The zero-order valence-corrected chi connectivity index (χ0v) is 14.6. The fraction of sp³-hybridized carbons (Fsp3) is 0.167. The van der Waals surface area contributed by atoms with Gasteiger partial charge in [-0.05, 0) is 43.3 Å². The van der Waals surface area contributed by atoms with E-state index in [1.165, 1.54) is 32.2 Å². The highest BCUT2D eigenvalue weighted by Gasteiger charge is 2.10. The molecule has 0 unspecified atom stereocenters. The van der Waals surface area contributed by atoms with Gasteiger partial charge in [-0.1, -0.05) is 6.07 Å². The Morgan fingerprint density at radius 1 is 1.04 bits per heavy atom. The van der Waals surface area contributed by atoms with Crippen molar-refractivity contribution in [3.63, 3.8) is 0 Å². The summed E-state index contributed by atoms with van der Waals surface area (Å²) in [7, 11) is 1.54. The van der Waals surface area contributed by atoms with E-state index in [0.717, 1.165) is 11.8 Å². The maximum atomic E-state index is 13.9. The molecule has 0 aliphatic heterocycles. The summed E-state index contributed by atoms with van der Waals surface area (Å²) in [6.07, 6.45) is 0. The molecule has 0 heterocycles. The maximum Gasteiger partial charge on any atom is 0.251 e. The van der Waals surface area contributed by atoms with Gasteiger partial charge in [0.1, 0.15) is 5.82 Å². The molecule has 2 aromatic carbocycles. The van der Waals surface area contributed by atoms with E-state index in [9.17, 15) is 18.8 Å². The molecule has 2 amide bonds. The van der Waals surface area contributed by atoms with E-state index in [4.69, 9.17) is 0 Å². The van der Waals surface area contributed by atoms with Crippen LogP contribution >= 0.6 is 11.8 Å². The molecule has 0 atom stereocenters. The van der Waals surface area contributed by atoms with Crippen molar-refractivity contribution < 1.29 is 18.8 Å². The SMILES string of the molecule is CNC(=O)c1ccc(NC(=O)CSc2ccc(C(C)=O)cc2F)cc1. The van der Waals surface area contributed by atoms with Crippen molar-refractivity contribution >= 4 is 35.0 Å². The van der Waals surface area contributed by atoms with Gasteiger partial charge in [0.2, 0.25) is 5.91 Å². The van der Waals surface area contributed by atoms with Crippen LogP contribution in [0.3, 0.4) is 0 Å². The van der Waals surface area contributed by atoms with Crippen molar-refractivity contribution in [2.45, 2.75) is 11.8 Å². The Morgan fingerprint density at radius 2 is 1.68 bits per heavy atom. The standard InChI is InChI=1S/C18H17FN2O3S/c1-11(22)13-5-8-16(15(19)9-13)25-10-17(23)21-14-6-3-12(4-7-14)18(24)20-2/h3-9H,10H2,1-2H3,(H,20,24)(H,21,23). The van der Waals surface area contributed by atoms with Gasteiger partial charge in [0, 0.05) is 28.8 Å². The molecule has 7 heteroatoms. The molecule has 0 saturated carbocycles. The van der Waals surface area contributed by atoms with E-state index >= 15 is 0 Å². The first kappa shape index (κ1) is 18.7. The van der Waals surface area contributed by atoms with Crippen molar-refractivity contribution in [2.24, 2.45) is 0 Å². The number of anilines is 1. The molecule has 2 rings (SSSR count). The lowest BCUT2D eigenvalue weighted by atomic mass is 10.1. The number of hydrogen-bond donors (Lipinski definition) is 2. The first-order chi connectivity index (χ1) is 11.9. The third kappa shape index (κ3) is 5.15. The Kier molecular flexibility index (Phi) is 6.30. The van der Waals surface area contributed by atoms with Crippen LogP contribution < -0.4 is 10.6 Å². The molecule has 0 saturated heterocycles. The highest BCUT2D eigenvalue weighted by molar-refractivity contribution is 8.00. The van der Waals surface area contributed by atoms with Gasteiger partial charge in [-0.25, -0.2) is 4.39 Å². The molecule has 0 spiro atoms. The van der Waals surface area contributed by atoms with Crippen molar-refractivity contribution in [2.75, 3.05) is 18.1 Å². The fourth-order valence-electron chi connectivity index (χ4n) is 2.03. The lowest BCUT2D eigenvalue weighted by Gasteiger charge is -2.07. The number of thioether (sulfide) groups is 1. The van der Waals surface area contributed by atoms with Gasteiger partial charge in [0.05, 0.1) is 5.75 Å². The minimum atomic E-state index is -0.527. The van der Waals surface area contributed by atoms with Gasteiger partial charge in [0.15, 0.2) is 5.78 Å². The van der Waals surface area contributed by atoms with Crippen molar-refractivity contribution in [3.8, 4) is 0 Å². The van der Waals surface area contributed by atoms with E-state index in [1.54, 1.807) is 24.3 Å². The average molecular weight is 360 g/mol. The van der Waals surface area contributed by atoms with E-state index in [1.807, 2.05) is 0 Å². The van der Waals surface area contributed by atoms with Gasteiger partial charge in [-0.15, -0.1) is 11.8 Å². The molecule has 2 aromatic rings. The monoisotopic (exact) mass is 360 g/mol. The number of carbonyl (C=O) groups is 3. The van der Waals surface area contributed by atoms with Gasteiger partial charge in [-0.2, -0.15) is 0 Å². The van der Waals surface area contributed by atoms with Crippen LogP contribution in [0.4, 0.5) is 10.1 Å². The van der Waals surface area contributed by atoms with E-state index in [0.29, 0.717) is 21.7 Å². The van der Waals surface area contributed by atoms with Crippen LogP contribution in [0, 0.1) is 5.82 Å². The van der Waals surface area contributed by atoms with Gasteiger partial charge >= 0.3 is 0 Å². The maximum absolute atomic E-state index is 13.9. The molecule has 0 radical (unpaired) electrons. The number of benzene rings is 2. The predicted molar refractivity (Wildman–Crippen MR) is 95.6 cm³/mol. The van der Waals surface area contributed by atoms with Crippen molar-refractivity contribution in [1.82, 2.24) is 5.32 Å². The minimum Gasteiger partial charge on any atom is -0.355 e. The Hall–Kier alpha value is -2.67. The quantitative estimate of drug-likeness (QED) is 0.613. The molecule has 0 aromatic heterocycles. The highest BCUT2D eigenvalue weighted by Crippen LogP contribution is 2.23. The Bertz CT molecular complexity index is 806. The lowest BCUT2D eigenvalue weighted by Crippen LogP contribution is -2.18. The van der Waals surface area contributed by atoms with Gasteiger partial charge < -0.3 is 10.6 Å². The van der Waals surface area contributed by atoms with Crippen LogP contribution in [0.1, 0.15) is 27.6 Å². The zero-order chi connectivity index (χ0) is 18.4. The normalized spacial score (nSPS) is 10.2. The molecule has 25 heavy (non-hydrogen) atoms. The summed E-state index contributed by atoms with van der Waals surface area (Å²) in [5.41, 5.74) is 1.33. The second-order valence-electron chi connectivity index (χ2n) is 5.19. The fourth-order valence-corrected chi connectivity index (χ4v) is 2.75. The molecule has 5 nitrogen and oxygen atoms in total. The summed E-state index contributed by atoms with van der Waals surface area (Å²) in [6, 6.07) is 10.6. The molecule has 2 N–H and O–H groups in total. The van der Waals surface area contributed by atoms with E-state index in [2.05, 4.69) is 10.6 Å². The largest absolute Gasteiger partial charge is 0.355 e. The third-order valence-corrected chi connectivity index (χ3v) is 4.40. The van der Waals surface area contributed by atoms with E-state index < -0.39 is 5.82 Å². The Morgan fingerprint density at radius 3 is 2.24 bits per heavy atom. The van der Waals surface area contributed by atoms with Crippen molar-refractivity contribution in [1.29, 1.82) is 0 Å². The van der Waals surface area contributed by atoms with Gasteiger partial charge in [0.25, 0.3) is 5.91 Å². The number of rotatable bonds is 6. The Labute approximate surface area is 149 Å². The van der Waals surface area contributed by atoms with Gasteiger partial charge in [-0.3, -0.25) is 14.4 Å². The second kappa shape index (κ2) is 8.43. The van der Waals surface area contributed by atoms with Crippen molar-refractivity contribution in [3.05, 3.63) is 59.4 Å². The van der Waals surface area contributed by atoms with Crippen LogP contribution in [0.5, 0.6) is 0 Å². The predicted octanol–water partition coefficient (Wildman–Crippen LogP) is 3.12. The summed E-state index contributed by atoms with van der Waals surface area (Å²) >= 11 is 1.04. The lowest BCUT2D eigenvalue weighted by molar-refractivity contribution is -0.113. The molecule has 0 bridgehead atoms. The first-order valence-electron chi connectivity index (χ1n) is 7.46. The van der Waals surface area contributed by atoms with E-state index in [-0.39, 0.29) is 23.4 Å². The number of halogens is 1. The van der Waals surface area contributed by atoms with Crippen LogP contribution in [-0.2, 0) is 4.79 Å². The average Bonchev–Trinajstić information content (AvgIpc) is 2.60. The summed E-state index contributed by atoms with van der Waals surface area (Å²) in [6.45, 7) is 1.37. The molecule has 0 aliphatic carbocycles. The van der Waals surface area contributed by atoms with Crippen LogP contribution in [-0.4, -0.2) is 30.4 Å². The summed E-state index contributed by atoms with van der Waals surface area (Å²) in [5.74, 6) is -1.23.